The minimum absolute atomic E-state index is 0.130. The first kappa shape index (κ1) is 14.5. The van der Waals surface area contributed by atoms with Gasteiger partial charge in [0, 0.05) is 23.3 Å². The van der Waals surface area contributed by atoms with Gasteiger partial charge in [0.25, 0.3) is 0 Å². The summed E-state index contributed by atoms with van der Waals surface area (Å²) in [6, 6.07) is 14.6. The quantitative estimate of drug-likeness (QED) is 0.736. The van der Waals surface area contributed by atoms with E-state index in [-0.39, 0.29) is 12.3 Å². The number of hydrogen-bond acceptors (Lipinski definition) is 4. The van der Waals surface area contributed by atoms with Gasteiger partial charge >= 0.3 is 5.63 Å². The molecule has 2 heterocycles. The molecule has 24 heavy (non-hydrogen) atoms. The van der Waals surface area contributed by atoms with Crippen molar-refractivity contribution in [1.29, 1.82) is 0 Å². The lowest BCUT2D eigenvalue weighted by Crippen LogP contribution is -2.29. The molecule has 120 valence electrons. The van der Waals surface area contributed by atoms with Crippen molar-refractivity contribution in [2.75, 3.05) is 12.4 Å². The molecule has 0 bridgehead atoms. The average molecular weight is 321 g/mol. The maximum absolute atomic E-state index is 12.6. The number of carbonyl (C=O) groups is 1. The maximum Gasteiger partial charge on any atom is 0.342 e. The fourth-order valence-electron chi connectivity index (χ4n) is 3.31. The molecule has 1 aromatic heterocycles. The third kappa shape index (κ3) is 2.17. The molecule has 5 nitrogen and oxygen atoms in total. The Morgan fingerprint density at radius 3 is 2.67 bits per heavy atom. The molecule has 0 saturated carbocycles. The first-order valence-corrected chi connectivity index (χ1v) is 7.67. The van der Waals surface area contributed by atoms with Crippen molar-refractivity contribution in [1.82, 2.24) is 0 Å². The highest BCUT2D eigenvalue weighted by molar-refractivity contribution is 6.04. The van der Waals surface area contributed by atoms with Gasteiger partial charge in [-0.2, -0.15) is 0 Å². The van der Waals surface area contributed by atoms with Crippen LogP contribution in [0.2, 0.25) is 0 Å². The largest absolute Gasteiger partial charge is 0.496 e. The molecule has 1 unspecified atom stereocenters. The average Bonchev–Trinajstić information content (AvgIpc) is 2.61. The molecule has 5 heteroatoms. The van der Waals surface area contributed by atoms with Crippen LogP contribution >= 0.6 is 0 Å². The van der Waals surface area contributed by atoms with E-state index in [4.69, 9.17) is 9.15 Å². The summed E-state index contributed by atoms with van der Waals surface area (Å²) in [4.78, 5) is 24.9. The lowest BCUT2D eigenvalue weighted by molar-refractivity contribution is -0.116. The van der Waals surface area contributed by atoms with E-state index in [1.54, 1.807) is 19.2 Å². The van der Waals surface area contributed by atoms with Crippen molar-refractivity contribution in [3.05, 3.63) is 70.1 Å². The van der Waals surface area contributed by atoms with Gasteiger partial charge in [-0.15, -0.1) is 0 Å². The second kappa shape index (κ2) is 5.53. The van der Waals surface area contributed by atoms with E-state index in [0.29, 0.717) is 22.6 Å². The highest BCUT2D eigenvalue weighted by Gasteiger charge is 2.33. The standard InChI is InChI=1S/C19H15NO4/c1-23-14-8-4-2-6-11(14)13-10-16(21)20-18-12-7-3-5-9-15(12)24-19(22)17(13)18/h2-9,13H,10H2,1H3,(H,20,21). The molecule has 0 fully saturated rings. The lowest BCUT2D eigenvalue weighted by Gasteiger charge is -2.26. The second-order valence-corrected chi connectivity index (χ2v) is 5.72. The van der Waals surface area contributed by atoms with Crippen LogP contribution in [0.15, 0.2) is 57.7 Å². The fraction of sp³-hybridized carbons (Fsp3) is 0.158. The topological polar surface area (TPSA) is 68.5 Å². The van der Waals surface area contributed by atoms with Gasteiger partial charge in [0.15, 0.2) is 0 Å². The van der Waals surface area contributed by atoms with E-state index < -0.39 is 11.5 Å². The van der Waals surface area contributed by atoms with E-state index in [0.717, 1.165) is 10.9 Å². The van der Waals surface area contributed by atoms with Gasteiger partial charge in [0.05, 0.1) is 18.4 Å². The summed E-state index contributed by atoms with van der Waals surface area (Å²) < 4.78 is 10.9. The Morgan fingerprint density at radius 1 is 1.08 bits per heavy atom. The van der Waals surface area contributed by atoms with Gasteiger partial charge in [0.1, 0.15) is 11.3 Å². The van der Waals surface area contributed by atoms with Crippen molar-refractivity contribution in [3.8, 4) is 5.75 Å². The van der Waals surface area contributed by atoms with E-state index in [9.17, 15) is 9.59 Å². The number of para-hydroxylation sites is 2. The molecule has 1 amide bonds. The van der Waals surface area contributed by atoms with Crippen molar-refractivity contribution >= 4 is 22.6 Å². The normalized spacial score (nSPS) is 16.5. The monoisotopic (exact) mass is 321 g/mol. The predicted octanol–water partition coefficient (Wildman–Crippen LogP) is 3.28. The Hall–Kier alpha value is -3.08. The fourth-order valence-corrected chi connectivity index (χ4v) is 3.31. The van der Waals surface area contributed by atoms with Crippen molar-refractivity contribution < 1.29 is 13.9 Å². The summed E-state index contributed by atoms with van der Waals surface area (Å²) in [5.41, 5.74) is 1.84. The summed E-state index contributed by atoms with van der Waals surface area (Å²) in [6.07, 6.45) is 0.177. The summed E-state index contributed by atoms with van der Waals surface area (Å²) in [6.45, 7) is 0. The smallest absolute Gasteiger partial charge is 0.342 e. The molecule has 0 saturated heterocycles. The Labute approximate surface area is 137 Å². The van der Waals surface area contributed by atoms with E-state index in [2.05, 4.69) is 5.32 Å². The van der Waals surface area contributed by atoms with Crippen LogP contribution in [-0.2, 0) is 4.79 Å². The van der Waals surface area contributed by atoms with Crippen LogP contribution in [0.4, 0.5) is 5.69 Å². The van der Waals surface area contributed by atoms with Crippen LogP contribution in [-0.4, -0.2) is 13.0 Å². The maximum atomic E-state index is 12.6. The zero-order valence-corrected chi connectivity index (χ0v) is 13.0. The molecular weight excluding hydrogens is 306 g/mol. The third-order valence-electron chi connectivity index (χ3n) is 4.37. The summed E-state index contributed by atoms with van der Waals surface area (Å²) in [5.74, 6) is 0.121. The van der Waals surface area contributed by atoms with Gasteiger partial charge in [-0.05, 0) is 18.2 Å². The summed E-state index contributed by atoms with van der Waals surface area (Å²) in [5, 5.41) is 3.56. The molecule has 2 aromatic carbocycles. The van der Waals surface area contributed by atoms with Gasteiger partial charge in [-0.25, -0.2) is 4.79 Å². The number of ether oxygens (including phenoxy) is 1. The lowest BCUT2D eigenvalue weighted by atomic mass is 9.84. The number of carbonyl (C=O) groups excluding carboxylic acids is 1. The number of benzene rings is 2. The van der Waals surface area contributed by atoms with Crippen LogP contribution in [0.3, 0.4) is 0 Å². The predicted molar refractivity (Wildman–Crippen MR) is 90.6 cm³/mol. The molecule has 0 spiro atoms. The van der Waals surface area contributed by atoms with Crippen LogP contribution in [0.25, 0.3) is 11.0 Å². The number of anilines is 1. The number of rotatable bonds is 2. The highest BCUT2D eigenvalue weighted by Crippen LogP contribution is 2.41. The Balaban J connectivity index is 2.03. The summed E-state index contributed by atoms with van der Waals surface area (Å²) >= 11 is 0. The Bertz CT molecular complexity index is 1010. The zero-order chi connectivity index (χ0) is 16.7. The molecule has 1 aliphatic rings. The number of methoxy groups -OCH3 is 1. The molecule has 1 aliphatic heterocycles. The second-order valence-electron chi connectivity index (χ2n) is 5.72. The van der Waals surface area contributed by atoms with Crippen molar-refractivity contribution in [2.45, 2.75) is 12.3 Å². The van der Waals surface area contributed by atoms with Gasteiger partial charge in [0.2, 0.25) is 5.91 Å². The van der Waals surface area contributed by atoms with Gasteiger partial charge in [-0.1, -0.05) is 30.3 Å². The van der Waals surface area contributed by atoms with Gasteiger partial charge in [-0.3, -0.25) is 4.79 Å². The first-order valence-electron chi connectivity index (χ1n) is 7.67. The third-order valence-corrected chi connectivity index (χ3v) is 4.37. The summed E-state index contributed by atoms with van der Waals surface area (Å²) in [7, 11) is 1.57. The van der Waals surface area contributed by atoms with Crippen LogP contribution in [0, 0.1) is 0 Å². The minimum atomic E-state index is -0.431. The molecular formula is C19H15NO4. The molecule has 3 aromatic rings. The number of fused-ring (bicyclic) bond motifs is 3. The molecule has 0 aliphatic carbocycles. The van der Waals surface area contributed by atoms with Gasteiger partial charge < -0.3 is 14.5 Å². The van der Waals surface area contributed by atoms with E-state index >= 15 is 0 Å². The van der Waals surface area contributed by atoms with Crippen molar-refractivity contribution in [3.63, 3.8) is 0 Å². The first-order chi connectivity index (χ1) is 11.7. The van der Waals surface area contributed by atoms with E-state index in [1.165, 1.54) is 0 Å². The SMILES string of the molecule is COc1ccccc1C1CC(=O)Nc2c1c(=O)oc1ccccc21. The molecule has 4 rings (SSSR count). The zero-order valence-electron chi connectivity index (χ0n) is 13.0. The Morgan fingerprint density at radius 2 is 1.83 bits per heavy atom. The number of amides is 1. The number of hydrogen-bond donors (Lipinski definition) is 1. The molecule has 1 N–H and O–H groups in total. The minimum Gasteiger partial charge on any atom is -0.496 e. The molecule has 1 atom stereocenters. The van der Waals surface area contributed by atoms with Crippen LogP contribution in [0.1, 0.15) is 23.5 Å². The van der Waals surface area contributed by atoms with E-state index in [1.807, 2.05) is 36.4 Å². The van der Waals surface area contributed by atoms with Crippen LogP contribution in [0.5, 0.6) is 5.75 Å². The Kier molecular flexibility index (Phi) is 3.34. The number of nitrogens with one attached hydrogen (secondary N) is 1. The molecule has 0 radical (unpaired) electrons. The van der Waals surface area contributed by atoms with Crippen molar-refractivity contribution in [2.24, 2.45) is 0 Å². The highest BCUT2D eigenvalue weighted by atomic mass is 16.5. The van der Waals surface area contributed by atoms with Crippen LogP contribution < -0.4 is 15.7 Å².